The molecule has 12 heteroatoms. The van der Waals surface area contributed by atoms with Crippen LogP contribution in [0.25, 0.3) is 0 Å². The quantitative estimate of drug-likeness (QED) is 0.0755. The normalized spacial score (nSPS) is 12.7. The number of rotatable bonds is 24. The molecule has 0 fully saturated rings. The summed E-state index contributed by atoms with van der Waals surface area (Å²) in [5.74, 6) is 1.16. The fourth-order valence-electron chi connectivity index (χ4n) is 4.89. The predicted octanol–water partition coefficient (Wildman–Crippen LogP) is 8.80. The van der Waals surface area contributed by atoms with Crippen LogP contribution in [0.2, 0.25) is 0 Å². The molecule has 8 nitrogen and oxygen atoms in total. The van der Waals surface area contributed by atoms with Gasteiger partial charge in [0.25, 0.3) is 0 Å². The van der Waals surface area contributed by atoms with E-state index in [1.54, 1.807) is 24.3 Å². The lowest BCUT2D eigenvalue weighted by Crippen LogP contribution is -2.34. The van der Waals surface area contributed by atoms with Crippen LogP contribution in [0.1, 0.15) is 108 Å². The summed E-state index contributed by atoms with van der Waals surface area (Å²) < 4.78 is 59.1. The largest absolute Gasteiger partial charge is 0.487 e. The lowest BCUT2D eigenvalue weighted by atomic mass is 10.0. The summed E-state index contributed by atoms with van der Waals surface area (Å²) in [6.07, 6.45) is 14.6. The monoisotopic (exact) mass is 670 g/mol. The van der Waals surface area contributed by atoms with E-state index in [4.69, 9.17) is 9.47 Å². The molecule has 1 heterocycles. The van der Waals surface area contributed by atoms with E-state index in [-0.39, 0.29) is 18.3 Å². The van der Waals surface area contributed by atoms with Crippen molar-refractivity contribution in [3.63, 3.8) is 0 Å². The minimum atomic E-state index is -4.44. The first kappa shape index (κ1) is 39.3. The first-order chi connectivity index (χ1) is 21.9. The van der Waals surface area contributed by atoms with Crippen molar-refractivity contribution in [3.8, 4) is 11.5 Å². The van der Waals surface area contributed by atoms with Crippen molar-refractivity contribution in [1.82, 2.24) is 10.3 Å². The topological polar surface area (TPSA) is 118 Å². The van der Waals surface area contributed by atoms with Crippen LogP contribution in [0.15, 0.2) is 54.5 Å². The molecule has 0 radical (unpaired) electrons. The number of hydrogen-bond donors (Lipinski definition) is 3. The minimum absolute atomic E-state index is 0.00542. The van der Waals surface area contributed by atoms with Crippen molar-refractivity contribution in [2.45, 2.75) is 122 Å². The number of ether oxygens (including phenoxy) is 2. The second-order valence-electron chi connectivity index (χ2n) is 11.6. The summed E-state index contributed by atoms with van der Waals surface area (Å²) in [5.41, 5.74) is 1.19. The van der Waals surface area contributed by atoms with Crippen molar-refractivity contribution in [2.75, 3.05) is 6.61 Å². The number of alkyl halides is 3. The van der Waals surface area contributed by atoms with Gasteiger partial charge in [-0.1, -0.05) is 102 Å². The molecule has 1 atom stereocenters. The van der Waals surface area contributed by atoms with Crippen LogP contribution in [0, 0.1) is 0 Å². The highest BCUT2D eigenvalue weighted by molar-refractivity contribution is 7.55. The Bertz CT molecular complexity index is 1200. The maximum Gasteiger partial charge on any atom is 0.422 e. The third-order valence-electron chi connectivity index (χ3n) is 7.32. The number of amides is 1. The zero-order valence-electron chi connectivity index (χ0n) is 26.9. The average Bonchev–Trinajstić information content (AvgIpc) is 3.00. The maximum absolute atomic E-state index is 12.6. The van der Waals surface area contributed by atoms with Crippen LogP contribution < -0.4 is 14.8 Å². The number of benzene rings is 1. The van der Waals surface area contributed by atoms with E-state index in [0.717, 1.165) is 30.6 Å². The van der Waals surface area contributed by atoms with Crippen LogP contribution in [0.5, 0.6) is 11.5 Å². The molecule has 0 spiro atoms. The molecule has 1 aromatic heterocycles. The molecular formula is C34H50F3N2O6P. The molecule has 2 aromatic rings. The van der Waals surface area contributed by atoms with Gasteiger partial charge in [0.2, 0.25) is 5.91 Å². The number of carbonyl (C=O) groups is 1. The van der Waals surface area contributed by atoms with Gasteiger partial charge in [-0.25, -0.2) is 0 Å². The maximum atomic E-state index is 12.6. The average molecular weight is 671 g/mol. The van der Waals surface area contributed by atoms with E-state index in [2.05, 4.69) is 17.2 Å². The molecular weight excluding hydrogens is 620 g/mol. The molecule has 1 amide bonds. The highest BCUT2D eigenvalue weighted by Crippen LogP contribution is 2.36. The number of nitrogens with one attached hydrogen (secondary N) is 1. The molecule has 0 aliphatic rings. The number of aromatic nitrogens is 1. The molecule has 0 unspecified atom stereocenters. The summed E-state index contributed by atoms with van der Waals surface area (Å²) >= 11 is 0. The Labute approximate surface area is 271 Å². The Kier molecular flexibility index (Phi) is 18.6. The smallest absolute Gasteiger partial charge is 0.422 e. The third-order valence-corrected chi connectivity index (χ3v) is 7.88. The van der Waals surface area contributed by atoms with E-state index in [1.165, 1.54) is 88.6 Å². The second kappa shape index (κ2) is 21.8. The van der Waals surface area contributed by atoms with Crippen LogP contribution in [-0.2, 0) is 22.4 Å². The lowest BCUT2D eigenvalue weighted by molar-refractivity contribution is -0.153. The first-order valence-electron chi connectivity index (χ1n) is 16.3. The van der Waals surface area contributed by atoms with E-state index in [1.807, 2.05) is 0 Å². The summed E-state index contributed by atoms with van der Waals surface area (Å²) in [6.45, 7) is 0.839. The van der Waals surface area contributed by atoms with E-state index >= 15 is 0 Å². The zero-order chi connectivity index (χ0) is 33.7. The number of carbonyl (C=O) groups excluding carboxylic acids is 1. The molecule has 0 aliphatic heterocycles. The summed E-state index contributed by atoms with van der Waals surface area (Å²) in [5, 5.41) is 2.88. The number of hydrogen-bond acceptors (Lipinski definition) is 5. The van der Waals surface area contributed by atoms with Gasteiger partial charge in [0.05, 0.1) is 11.7 Å². The van der Waals surface area contributed by atoms with Crippen LogP contribution in [-0.4, -0.2) is 39.5 Å². The predicted molar refractivity (Wildman–Crippen MR) is 174 cm³/mol. The lowest BCUT2D eigenvalue weighted by Gasteiger charge is -2.16. The van der Waals surface area contributed by atoms with Gasteiger partial charge in [-0.15, -0.1) is 0 Å². The fraction of sp³-hybridized carbons (Fsp3) is 0.588. The van der Waals surface area contributed by atoms with Crippen LogP contribution >= 0.6 is 7.60 Å². The van der Waals surface area contributed by atoms with Gasteiger partial charge < -0.3 is 24.6 Å². The van der Waals surface area contributed by atoms with Crippen LogP contribution in [0.4, 0.5) is 13.2 Å². The Balaban J connectivity index is 1.75. The van der Waals surface area contributed by atoms with Gasteiger partial charge in [0.1, 0.15) is 18.1 Å². The molecule has 3 N–H and O–H groups in total. The highest BCUT2D eigenvalue weighted by Gasteiger charge is 2.28. The van der Waals surface area contributed by atoms with Crippen molar-refractivity contribution < 1.29 is 41.8 Å². The third kappa shape index (κ3) is 20.3. The Morgan fingerprint density at radius 3 is 2.04 bits per heavy atom. The summed E-state index contributed by atoms with van der Waals surface area (Å²) in [4.78, 5) is 35.3. The van der Waals surface area contributed by atoms with E-state index < -0.39 is 26.4 Å². The Morgan fingerprint density at radius 1 is 0.891 bits per heavy atom. The molecule has 0 aliphatic carbocycles. The molecule has 46 heavy (non-hydrogen) atoms. The van der Waals surface area contributed by atoms with Crippen molar-refractivity contribution in [3.05, 3.63) is 65.7 Å². The first-order valence-corrected chi connectivity index (χ1v) is 18.0. The van der Waals surface area contributed by atoms with E-state index in [9.17, 15) is 32.3 Å². The number of pyridine rings is 1. The fourth-order valence-corrected chi connectivity index (χ4v) is 5.32. The van der Waals surface area contributed by atoms with Gasteiger partial charge in [-0.05, 0) is 36.6 Å². The molecule has 0 saturated carbocycles. The highest BCUT2D eigenvalue weighted by atomic mass is 31.2. The minimum Gasteiger partial charge on any atom is -0.487 e. The standard InChI is InChI=1S/C34H50F3N2O6P/c1-2-3-4-5-6-7-8-9-10-11-12-13-14-15-33(40)39-29(21-23-46(41,42)43)24-28-16-18-31(19-17-28)44-26-30-25-32(20-22-38-30)45-27-34(35,36)37/h16-23,25,29H,2-15,24,26-27H2,1H3,(H,39,40)(H2,41,42,43)/t29-/m0/s1. The van der Waals surface area contributed by atoms with Crippen molar-refractivity contribution >= 4 is 13.5 Å². The number of halogens is 3. The molecule has 258 valence electrons. The number of unbranched alkanes of at least 4 members (excludes halogenated alkanes) is 12. The number of nitrogens with zero attached hydrogens (tertiary/aromatic N) is 1. The van der Waals surface area contributed by atoms with Gasteiger partial charge in [0, 0.05) is 24.5 Å². The summed E-state index contributed by atoms with van der Waals surface area (Å²) in [6, 6.07) is 9.01. The van der Waals surface area contributed by atoms with Crippen molar-refractivity contribution in [2.24, 2.45) is 0 Å². The van der Waals surface area contributed by atoms with Gasteiger partial charge in [-0.3, -0.25) is 14.3 Å². The molecule has 0 saturated heterocycles. The zero-order valence-corrected chi connectivity index (χ0v) is 27.7. The Hall–Kier alpha value is -2.88. The molecule has 0 bridgehead atoms. The van der Waals surface area contributed by atoms with Gasteiger partial charge in [-0.2, -0.15) is 13.2 Å². The molecule has 1 aromatic carbocycles. The van der Waals surface area contributed by atoms with Crippen LogP contribution in [0.3, 0.4) is 0 Å². The summed E-state index contributed by atoms with van der Waals surface area (Å²) in [7, 11) is -4.40. The van der Waals surface area contributed by atoms with Gasteiger partial charge in [0.15, 0.2) is 6.61 Å². The second-order valence-corrected chi connectivity index (χ2v) is 13.1. The Morgan fingerprint density at radius 2 is 1.48 bits per heavy atom. The SMILES string of the molecule is CCCCCCCCCCCCCCCC(=O)N[C@@H](C=CP(=O)(O)O)Cc1ccc(OCc2cc(OCC(F)(F)F)ccn2)cc1. The van der Waals surface area contributed by atoms with E-state index in [0.29, 0.717) is 24.3 Å². The molecule has 2 rings (SSSR count). The van der Waals surface area contributed by atoms with Gasteiger partial charge >= 0.3 is 13.8 Å². The van der Waals surface area contributed by atoms with Crippen molar-refractivity contribution in [1.29, 1.82) is 0 Å².